The van der Waals surface area contributed by atoms with Crippen molar-refractivity contribution in [3.05, 3.63) is 29.6 Å². The molecule has 1 aromatic rings. The molecule has 4 heteroatoms. The number of nitrogens with zero attached hydrogens (tertiary/aromatic N) is 1. The normalized spacial score (nSPS) is 18.9. The fourth-order valence-electron chi connectivity index (χ4n) is 2.07. The summed E-state index contributed by atoms with van der Waals surface area (Å²) >= 11 is 0. The number of ether oxygens (including phenoxy) is 1. The molecule has 2 N–H and O–H groups in total. The summed E-state index contributed by atoms with van der Waals surface area (Å²) in [7, 11) is 0. The van der Waals surface area contributed by atoms with Gasteiger partial charge in [-0.15, -0.1) is 12.4 Å². The Morgan fingerprint density at radius 3 is 2.69 bits per heavy atom. The summed E-state index contributed by atoms with van der Waals surface area (Å²) in [6.07, 6.45) is 2.10. The van der Waals surface area contributed by atoms with Crippen molar-refractivity contribution in [1.29, 1.82) is 0 Å². The maximum Gasteiger partial charge on any atom is 0.0577 e. The Kier molecular flexibility index (Phi) is 5.19. The topological polar surface area (TPSA) is 48.1 Å². The monoisotopic (exact) mass is 242 g/mol. The van der Waals surface area contributed by atoms with Gasteiger partial charge in [-0.25, -0.2) is 0 Å². The Bertz CT molecular complexity index is 327. The molecule has 1 aliphatic rings. The van der Waals surface area contributed by atoms with Gasteiger partial charge in [-0.2, -0.15) is 0 Å². The molecule has 2 rings (SSSR count). The van der Waals surface area contributed by atoms with Gasteiger partial charge in [0.05, 0.1) is 11.7 Å². The van der Waals surface area contributed by atoms with E-state index < -0.39 is 0 Å². The number of halogens is 1. The Balaban J connectivity index is 0.00000128. The highest BCUT2D eigenvalue weighted by atomic mass is 35.5. The van der Waals surface area contributed by atoms with Gasteiger partial charge in [0.1, 0.15) is 0 Å². The lowest BCUT2D eigenvalue weighted by Gasteiger charge is -2.27. The van der Waals surface area contributed by atoms with Crippen LogP contribution in [0.1, 0.15) is 30.3 Å². The van der Waals surface area contributed by atoms with Crippen LogP contribution in [-0.2, 0) is 4.74 Å². The van der Waals surface area contributed by atoms with E-state index >= 15 is 0 Å². The predicted octanol–water partition coefficient (Wildman–Crippen LogP) is 2.24. The lowest BCUT2D eigenvalue weighted by atomic mass is 9.90. The van der Waals surface area contributed by atoms with Crippen molar-refractivity contribution in [2.45, 2.75) is 25.8 Å². The van der Waals surface area contributed by atoms with E-state index in [2.05, 4.69) is 4.98 Å². The van der Waals surface area contributed by atoms with Crippen molar-refractivity contribution in [3.8, 4) is 0 Å². The lowest BCUT2D eigenvalue weighted by Crippen LogP contribution is -2.28. The molecule has 1 saturated heterocycles. The molecule has 1 aliphatic heterocycles. The fraction of sp³-hybridized carbons (Fsp3) is 0.583. The number of nitrogens with two attached hydrogens (primary N) is 1. The van der Waals surface area contributed by atoms with Crippen LogP contribution < -0.4 is 5.73 Å². The van der Waals surface area contributed by atoms with Gasteiger partial charge in [0.15, 0.2) is 0 Å². The average molecular weight is 243 g/mol. The SMILES string of the molecule is Cc1cccc([C@@H](N)C2CCOCC2)n1.Cl. The van der Waals surface area contributed by atoms with Gasteiger partial charge in [0.25, 0.3) is 0 Å². The van der Waals surface area contributed by atoms with Crippen LogP contribution >= 0.6 is 12.4 Å². The average Bonchev–Trinajstić information content (AvgIpc) is 2.29. The van der Waals surface area contributed by atoms with Gasteiger partial charge in [0.2, 0.25) is 0 Å². The number of hydrogen-bond acceptors (Lipinski definition) is 3. The summed E-state index contributed by atoms with van der Waals surface area (Å²) in [6.45, 7) is 3.68. The first kappa shape index (κ1) is 13.4. The van der Waals surface area contributed by atoms with E-state index in [9.17, 15) is 0 Å². The number of aryl methyl sites for hydroxylation is 1. The standard InChI is InChI=1S/C12H18N2O.ClH/c1-9-3-2-4-11(14-9)12(13)10-5-7-15-8-6-10;/h2-4,10,12H,5-8,13H2,1H3;1H/t12-;/m0./s1. The first-order valence-corrected chi connectivity index (χ1v) is 5.54. The van der Waals surface area contributed by atoms with Crippen LogP contribution in [0.4, 0.5) is 0 Å². The minimum absolute atomic E-state index is 0. The predicted molar refractivity (Wildman–Crippen MR) is 66.7 cm³/mol. The molecule has 0 unspecified atom stereocenters. The molecule has 0 aromatic carbocycles. The molecule has 1 fully saturated rings. The highest BCUT2D eigenvalue weighted by molar-refractivity contribution is 5.85. The van der Waals surface area contributed by atoms with Gasteiger partial charge in [-0.1, -0.05) is 6.07 Å². The van der Waals surface area contributed by atoms with Crippen molar-refractivity contribution in [3.63, 3.8) is 0 Å². The first-order chi connectivity index (χ1) is 7.27. The quantitative estimate of drug-likeness (QED) is 0.865. The van der Waals surface area contributed by atoms with E-state index in [1.807, 2.05) is 25.1 Å². The molecule has 90 valence electrons. The van der Waals surface area contributed by atoms with E-state index in [4.69, 9.17) is 10.5 Å². The minimum atomic E-state index is 0. The van der Waals surface area contributed by atoms with Crippen molar-refractivity contribution in [2.24, 2.45) is 11.7 Å². The molecule has 0 aliphatic carbocycles. The molecule has 1 atom stereocenters. The van der Waals surface area contributed by atoms with Gasteiger partial charge in [-0.3, -0.25) is 4.98 Å². The molecule has 1 aromatic heterocycles. The molecular formula is C12H19ClN2O. The minimum Gasteiger partial charge on any atom is -0.381 e. The smallest absolute Gasteiger partial charge is 0.0577 e. The molecule has 0 radical (unpaired) electrons. The zero-order chi connectivity index (χ0) is 10.7. The van der Waals surface area contributed by atoms with Gasteiger partial charge >= 0.3 is 0 Å². The van der Waals surface area contributed by atoms with Crippen LogP contribution in [0.5, 0.6) is 0 Å². The van der Waals surface area contributed by atoms with Gasteiger partial charge in [0, 0.05) is 18.9 Å². The molecule has 0 bridgehead atoms. The highest BCUT2D eigenvalue weighted by Crippen LogP contribution is 2.26. The van der Waals surface area contributed by atoms with E-state index in [1.54, 1.807) is 0 Å². The summed E-state index contributed by atoms with van der Waals surface area (Å²) in [5.41, 5.74) is 8.27. The van der Waals surface area contributed by atoms with Gasteiger partial charge < -0.3 is 10.5 Å². The number of aromatic nitrogens is 1. The molecule has 0 saturated carbocycles. The Morgan fingerprint density at radius 2 is 2.06 bits per heavy atom. The van der Waals surface area contributed by atoms with Gasteiger partial charge in [-0.05, 0) is 37.8 Å². The maximum atomic E-state index is 6.22. The third-order valence-electron chi connectivity index (χ3n) is 3.03. The fourth-order valence-corrected chi connectivity index (χ4v) is 2.07. The second-order valence-electron chi connectivity index (χ2n) is 4.18. The third kappa shape index (κ3) is 3.17. The van der Waals surface area contributed by atoms with Crippen LogP contribution in [0.15, 0.2) is 18.2 Å². The summed E-state index contributed by atoms with van der Waals surface area (Å²) < 4.78 is 5.33. The number of pyridine rings is 1. The Hall–Kier alpha value is -0.640. The Labute approximate surface area is 103 Å². The number of hydrogen-bond donors (Lipinski definition) is 1. The van der Waals surface area contributed by atoms with E-state index in [0.717, 1.165) is 37.4 Å². The van der Waals surface area contributed by atoms with Crippen LogP contribution in [-0.4, -0.2) is 18.2 Å². The third-order valence-corrected chi connectivity index (χ3v) is 3.03. The summed E-state index contributed by atoms with van der Waals surface area (Å²) in [5, 5.41) is 0. The molecule has 0 spiro atoms. The highest BCUT2D eigenvalue weighted by Gasteiger charge is 2.22. The molecule has 3 nitrogen and oxygen atoms in total. The van der Waals surface area contributed by atoms with Crippen LogP contribution in [0.3, 0.4) is 0 Å². The van der Waals surface area contributed by atoms with Crippen molar-refractivity contribution in [2.75, 3.05) is 13.2 Å². The number of rotatable bonds is 2. The zero-order valence-corrected chi connectivity index (χ0v) is 10.4. The van der Waals surface area contributed by atoms with Crippen LogP contribution in [0.2, 0.25) is 0 Å². The van der Waals surface area contributed by atoms with Crippen molar-refractivity contribution >= 4 is 12.4 Å². The Morgan fingerprint density at radius 1 is 1.38 bits per heavy atom. The molecule has 2 heterocycles. The van der Waals surface area contributed by atoms with E-state index in [-0.39, 0.29) is 18.4 Å². The van der Waals surface area contributed by atoms with E-state index in [0.29, 0.717) is 5.92 Å². The lowest BCUT2D eigenvalue weighted by molar-refractivity contribution is 0.0579. The molecule has 0 amide bonds. The second-order valence-corrected chi connectivity index (χ2v) is 4.18. The molecular weight excluding hydrogens is 224 g/mol. The van der Waals surface area contributed by atoms with Crippen molar-refractivity contribution in [1.82, 2.24) is 4.98 Å². The van der Waals surface area contributed by atoms with Crippen LogP contribution in [0, 0.1) is 12.8 Å². The van der Waals surface area contributed by atoms with E-state index in [1.165, 1.54) is 0 Å². The molecule has 16 heavy (non-hydrogen) atoms. The summed E-state index contributed by atoms with van der Waals surface area (Å²) in [5.74, 6) is 0.521. The summed E-state index contributed by atoms with van der Waals surface area (Å²) in [6, 6.07) is 6.11. The first-order valence-electron chi connectivity index (χ1n) is 5.54. The van der Waals surface area contributed by atoms with Crippen molar-refractivity contribution < 1.29 is 4.74 Å². The van der Waals surface area contributed by atoms with Crippen LogP contribution in [0.25, 0.3) is 0 Å². The largest absolute Gasteiger partial charge is 0.381 e. The summed E-state index contributed by atoms with van der Waals surface area (Å²) in [4.78, 5) is 4.48. The maximum absolute atomic E-state index is 6.22. The second kappa shape index (κ2) is 6.18. The zero-order valence-electron chi connectivity index (χ0n) is 9.56.